The zero-order chi connectivity index (χ0) is 13.9. The van der Waals surface area contributed by atoms with Crippen molar-refractivity contribution in [2.75, 3.05) is 6.54 Å². The van der Waals surface area contributed by atoms with E-state index in [9.17, 15) is 0 Å². The average Bonchev–Trinajstić information content (AvgIpc) is 2.73. The van der Waals surface area contributed by atoms with E-state index < -0.39 is 0 Å². The van der Waals surface area contributed by atoms with Crippen LogP contribution in [0.3, 0.4) is 0 Å². The molecule has 0 saturated heterocycles. The second-order valence-corrected chi connectivity index (χ2v) is 7.60. The van der Waals surface area contributed by atoms with Gasteiger partial charge in [-0.2, -0.15) is 0 Å². The molecule has 0 spiro atoms. The summed E-state index contributed by atoms with van der Waals surface area (Å²) in [5.74, 6) is 0. The summed E-state index contributed by atoms with van der Waals surface area (Å²) in [5.41, 5.74) is 2.89. The molecular formula is C15H23N3S. The van der Waals surface area contributed by atoms with Gasteiger partial charge in [0.1, 0.15) is 0 Å². The van der Waals surface area contributed by atoms with Crippen LogP contribution in [0, 0.1) is 12.3 Å². The molecule has 0 fully saturated rings. The molecule has 4 heteroatoms. The first-order chi connectivity index (χ1) is 8.94. The fourth-order valence-corrected chi connectivity index (χ4v) is 3.51. The normalized spacial score (nSPS) is 19.4. The van der Waals surface area contributed by atoms with E-state index in [-0.39, 0.29) is 0 Å². The monoisotopic (exact) mass is 277 g/mol. The third-order valence-corrected chi connectivity index (χ3v) is 4.28. The fourth-order valence-electron chi connectivity index (χ4n) is 2.16. The molecule has 104 valence electrons. The Kier molecular flexibility index (Phi) is 4.50. The molecule has 19 heavy (non-hydrogen) atoms. The van der Waals surface area contributed by atoms with Crippen molar-refractivity contribution in [3.63, 3.8) is 0 Å². The number of aliphatic imine (C=N–C) groups is 1. The highest BCUT2D eigenvalue weighted by atomic mass is 32.2. The van der Waals surface area contributed by atoms with Crippen LogP contribution in [-0.4, -0.2) is 21.9 Å². The lowest BCUT2D eigenvalue weighted by Gasteiger charge is -2.21. The van der Waals surface area contributed by atoms with Crippen molar-refractivity contribution in [3.05, 3.63) is 29.6 Å². The van der Waals surface area contributed by atoms with Crippen LogP contribution in [0.25, 0.3) is 0 Å². The Morgan fingerprint density at radius 3 is 2.89 bits per heavy atom. The Morgan fingerprint density at radius 2 is 2.21 bits per heavy atom. The highest BCUT2D eigenvalue weighted by Gasteiger charge is 2.24. The summed E-state index contributed by atoms with van der Waals surface area (Å²) in [7, 11) is 0. The van der Waals surface area contributed by atoms with E-state index in [1.54, 1.807) is 0 Å². The topological polar surface area (TPSA) is 37.3 Å². The van der Waals surface area contributed by atoms with E-state index in [1.165, 1.54) is 17.5 Å². The molecule has 2 heterocycles. The first kappa shape index (κ1) is 14.4. The summed E-state index contributed by atoms with van der Waals surface area (Å²) in [6.07, 6.45) is 4.97. The van der Waals surface area contributed by atoms with Gasteiger partial charge in [-0.1, -0.05) is 32.5 Å². The third kappa shape index (κ3) is 4.53. The lowest BCUT2D eigenvalue weighted by atomic mass is 9.90. The van der Waals surface area contributed by atoms with E-state index in [1.807, 2.05) is 30.2 Å². The van der Waals surface area contributed by atoms with Crippen molar-refractivity contribution in [3.8, 4) is 0 Å². The van der Waals surface area contributed by atoms with Crippen molar-refractivity contribution in [2.24, 2.45) is 10.4 Å². The maximum atomic E-state index is 4.59. The molecule has 1 aliphatic rings. The van der Waals surface area contributed by atoms with Crippen LogP contribution >= 0.6 is 11.8 Å². The van der Waals surface area contributed by atoms with Crippen molar-refractivity contribution >= 4 is 16.9 Å². The van der Waals surface area contributed by atoms with Gasteiger partial charge in [-0.3, -0.25) is 9.98 Å². The van der Waals surface area contributed by atoms with Gasteiger partial charge in [-0.05, 0) is 36.0 Å². The molecule has 1 N–H and O–H groups in total. The molecule has 1 aromatic rings. The number of amidine groups is 1. The minimum atomic E-state index is 0.378. The smallest absolute Gasteiger partial charge is 0.157 e. The molecule has 0 aromatic carbocycles. The number of aryl methyl sites for hydroxylation is 1. The molecular weight excluding hydrogens is 254 g/mol. The van der Waals surface area contributed by atoms with Gasteiger partial charge in [0.15, 0.2) is 5.17 Å². The number of nitrogens with zero attached hydrogens (tertiary/aromatic N) is 2. The molecule has 0 aliphatic carbocycles. The van der Waals surface area contributed by atoms with Crippen LogP contribution in [0.5, 0.6) is 0 Å². The molecule has 1 aliphatic heterocycles. The van der Waals surface area contributed by atoms with E-state index in [0.29, 0.717) is 10.7 Å². The van der Waals surface area contributed by atoms with Crippen LogP contribution < -0.4 is 5.32 Å². The van der Waals surface area contributed by atoms with Crippen LogP contribution in [0.1, 0.15) is 38.3 Å². The quantitative estimate of drug-likeness (QED) is 0.920. The number of rotatable bonds is 3. The van der Waals surface area contributed by atoms with Gasteiger partial charge in [-0.25, -0.2) is 0 Å². The van der Waals surface area contributed by atoms with Gasteiger partial charge >= 0.3 is 0 Å². The number of thioether (sulfide) groups is 1. The molecule has 0 saturated carbocycles. The van der Waals surface area contributed by atoms with E-state index >= 15 is 0 Å². The first-order valence-corrected chi connectivity index (χ1v) is 7.66. The second-order valence-electron chi connectivity index (χ2n) is 6.31. The zero-order valence-electron chi connectivity index (χ0n) is 12.2. The van der Waals surface area contributed by atoms with Crippen molar-refractivity contribution < 1.29 is 0 Å². The van der Waals surface area contributed by atoms with Gasteiger partial charge in [-0.15, -0.1) is 0 Å². The fraction of sp³-hybridized carbons (Fsp3) is 0.600. The largest absolute Gasteiger partial charge is 0.361 e. The van der Waals surface area contributed by atoms with E-state index in [4.69, 9.17) is 0 Å². The number of aromatic nitrogens is 1. The molecule has 0 bridgehead atoms. The SMILES string of the molecule is Cc1ccncc1CNC1=NCC(CC(C)(C)C)S1. The first-order valence-electron chi connectivity index (χ1n) is 6.78. The second kappa shape index (κ2) is 5.95. The molecule has 1 atom stereocenters. The van der Waals surface area contributed by atoms with E-state index in [2.05, 4.69) is 43.0 Å². The lowest BCUT2D eigenvalue weighted by molar-refractivity contribution is 0.375. The standard InChI is InChI=1S/C15H23N3S/c1-11-5-6-16-8-12(11)9-17-14-18-10-13(19-14)7-15(2,3)4/h5-6,8,13H,7,9-10H2,1-4H3,(H,17,18). The van der Waals surface area contributed by atoms with Crippen LogP contribution in [0.15, 0.2) is 23.5 Å². The summed E-state index contributed by atoms with van der Waals surface area (Å²) < 4.78 is 0. The molecule has 2 rings (SSSR count). The average molecular weight is 277 g/mol. The molecule has 1 aromatic heterocycles. The molecule has 3 nitrogen and oxygen atoms in total. The van der Waals surface area contributed by atoms with Crippen molar-refractivity contribution in [2.45, 2.75) is 45.9 Å². The zero-order valence-corrected chi connectivity index (χ0v) is 13.0. The summed E-state index contributed by atoms with van der Waals surface area (Å²) >= 11 is 1.88. The van der Waals surface area contributed by atoms with Crippen LogP contribution in [-0.2, 0) is 6.54 Å². The van der Waals surface area contributed by atoms with E-state index in [0.717, 1.165) is 18.3 Å². The predicted octanol–water partition coefficient (Wildman–Crippen LogP) is 3.39. The molecule has 1 unspecified atom stereocenters. The number of pyridine rings is 1. The van der Waals surface area contributed by atoms with Gasteiger partial charge in [0.05, 0.1) is 6.54 Å². The number of hydrogen-bond acceptors (Lipinski definition) is 4. The highest BCUT2D eigenvalue weighted by Crippen LogP contribution is 2.31. The van der Waals surface area contributed by atoms with Crippen molar-refractivity contribution in [1.82, 2.24) is 10.3 Å². The third-order valence-electron chi connectivity index (χ3n) is 3.13. The summed E-state index contributed by atoms with van der Waals surface area (Å²) in [4.78, 5) is 8.76. The number of hydrogen-bond donors (Lipinski definition) is 1. The summed E-state index contributed by atoms with van der Waals surface area (Å²) in [5, 5.41) is 5.13. The molecule has 0 amide bonds. The lowest BCUT2D eigenvalue weighted by Crippen LogP contribution is -2.21. The Bertz CT molecular complexity index is 463. The maximum absolute atomic E-state index is 4.59. The van der Waals surface area contributed by atoms with Gasteiger partial charge in [0.2, 0.25) is 0 Å². The van der Waals surface area contributed by atoms with Crippen LogP contribution in [0.2, 0.25) is 0 Å². The number of nitrogens with one attached hydrogen (secondary N) is 1. The predicted molar refractivity (Wildman–Crippen MR) is 83.6 cm³/mol. The Hall–Kier alpha value is -1.03. The van der Waals surface area contributed by atoms with Crippen LogP contribution in [0.4, 0.5) is 0 Å². The maximum Gasteiger partial charge on any atom is 0.157 e. The minimum absolute atomic E-state index is 0.378. The summed E-state index contributed by atoms with van der Waals surface area (Å²) in [6.45, 7) is 10.7. The highest BCUT2D eigenvalue weighted by molar-refractivity contribution is 8.14. The Labute approximate surface area is 120 Å². The van der Waals surface area contributed by atoms with Gasteiger partial charge in [0.25, 0.3) is 0 Å². The minimum Gasteiger partial charge on any atom is -0.361 e. The van der Waals surface area contributed by atoms with Gasteiger partial charge in [0, 0.05) is 24.2 Å². The Morgan fingerprint density at radius 1 is 1.42 bits per heavy atom. The summed E-state index contributed by atoms with van der Waals surface area (Å²) in [6, 6.07) is 2.04. The molecule has 0 radical (unpaired) electrons. The van der Waals surface area contributed by atoms with Crippen molar-refractivity contribution in [1.29, 1.82) is 0 Å². The van der Waals surface area contributed by atoms with Gasteiger partial charge < -0.3 is 5.32 Å². The Balaban J connectivity index is 1.81.